The van der Waals surface area contributed by atoms with Crippen LogP contribution in [0, 0.1) is 13.8 Å². The fourth-order valence-electron chi connectivity index (χ4n) is 3.72. The first kappa shape index (κ1) is 24.4. The minimum atomic E-state index is -3.99. The number of nitrogens with zero attached hydrogens (tertiary/aromatic N) is 1. The van der Waals surface area contributed by atoms with E-state index in [0.717, 1.165) is 16.0 Å². The second kappa shape index (κ2) is 9.16. The molecule has 11 heteroatoms. The highest BCUT2D eigenvalue weighted by molar-refractivity contribution is 7.93. The quantitative estimate of drug-likeness (QED) is 0.465. The van der Waals surface area contributed by atoms with Gasteiger partial charge in [-0.15, -0.1) is 0 Å². The molecule has 9 nitrogen and oxygen atoms in total. The number of anilines is 3. The first-order valence-corrected chi connectivity index (χ1v) is 13.6. The molecule has 2 amide bonds. The van der Waals surface area contributed by atoms with Gasteiger partial charge in [0.15, 0.2) is 0 Å². The smallest absolute Gasteiger partial charge is 0.261 e. The minimum absolute atomic E-state index is 0.0209. The van der Waals surface area contributed by atoms with Crippen molar-refractivity contribution < 1.29 is 26.4 Å². The first-order chi connectivity index (χ1) is 16.5. The van der Waals surface area contributed by atoms with E-state index in [1.807, 2.05) is 6.07 Å². The van der Waals surface area contributed by atoms with Crippen LogP contribution in [0.3, 0.4) is 0 Å². The minimum Gasteiger partial charge on any atom is -0.280 e. The maximum Gasteiger partial charge on any atom is 0.261 e. The molecule has 3 aromatic carbocycles. The molecule has 0 aromatic heterocycles. The Bertz CT molecular complexity index is 1480. The topological polar surface area (TPSA) is 130 Å². The summed E-state index contributed by atoms with van der Waals surface area (Å²) < 4.78 is 56.1. The van der Waals surface area contributed by atoms with Crippen molar-refractivity contribution in [3.05, 3.63) is 77.9 Å². The lowest BCUT2D eigenvalue weighted by molar-refractivity contribution is -0.121. The number of aryl methyl sites for hydroxylation is 2. The number of hydrogen-bond acceptors (Lipinski definition) is 6. The predicted octanol–water partition coefficient (Wildman–Crippen LogP) is 3.56. The zero-order chi connectivity index (χ0) is 25.4. The molecular formula is C24H23N3O6S2. The Hall–Kier alpha value is -3.70. The monoisotopic (exact) mass is 513 g/mol. The molecule has 0 unspecified atom stereocenters. The third-order valence-corrected chi connectivity index (χ3v) is 8.35. The molecule has 182 valence electrons. The van der Waals surface area contributed by atoms with Crippen LogP contribution in [0.1, 0.15) is 24.0 Å². The van der Waals surface area contributed by atoms with Gasteiger partial charge in [-0.1, -0.05) is 18.2 Å². The number of carbonyl (C=O) groups excluding carboxylic acids is 2. The number of para-hydroxylation sites is 1. The van der Waals surface area contributed by atoms with Crippen LogP contribution in [0.5, 0.6) is 0 Å². The second-order valence-electron chi connectivity index (χ2n) is 8.12. The summed E-state index contributed by atoms with van der Waals surface area (Å²) in [7, 11) is -7.87. The molecule has 1 aliphatic heterocycles. The average Bonchev–Trinajstić information content (AvgIpc) is 3.14. The van der Waals surface area contributed by atoms with Crippen LogP contribution in [0.15, 0.2) is 76.5 Å². The van der Waals surface area contributed by atoms with Crippen LogP contribution in [0.4, 0.5) is 17.1 Å². The number of carbonyl (C=O) groups is 2. The van der Waals surface area contributed by atoms with Gasteiger partial charge in [-0.2, -0.15) is 0 Å². The summed E-state index contributed by atoms with van der Waals surface area (Å²) in [6.07, 6.45) is 0.262. The van der Waals surface area contributed by atoms with Crippen LogP contribution in [0.2, 0.25) is 0 Å². The third-order valence-electron chi connectivity index (χ3n) is 5.59. The van der Waals surface area contributed by atoms with Gasteiger partial charge in [-0.3, -0.25) is 23.9 Å². The van der Waals surface area contributed by atoms with E-state index in [1.165, 1.54) is 48.5 Å². The summed E-state index contributed by atoms with van der Waals surface area (Å²) in [4.78, 5) is 24.7. The molecule has 0 radical (unpaired) electrons. The van der Waals surface area contributed by atoms with Crippen LogP contribution < -0.4 is 14.3 Å². The highest BCUT2D eigenvalue weighted by Crippen LogP contribution is 2.26. The normalized spacial score (nSPS) is 14.3. The van der Waals surface area contributed by atoms with Gasteiger partial charge in [-0.05, 0) is 73.5 Å². The van der Waals surface area contributed by atoms with E-state index < -0.39 is 20.0 Å². The number of imide groups is 1. The molecule has 1 saturated heterocycles. The Balaban J connectivity index is 1.50. The molecule has 0 saturated carbocycles. The summed E-state index contributed by atoms with van der Waals surface area (Å²) in [6, 6.07) is 16.1. The fraction of sp³-hybridized carbons (Fsp3) is 0.167. The van der Waals surface area contributed by atoms with Crippen molar-refractivity contribution in [3.8, 4) is 0 Å². The van der Waals surface area contributed by atoms with Gasteiger partial charge in [0.1, 0.15) is 0 Å². The number of hydrogen-bond donors (Lipinski definition) is 2. The van der Waals surface area contributed by atoms with Gasteiger partial charge in [0.2, 0.25) is 11.8 Å². The molecule has 0 bridgehead atoms. The number of benzene rings is 3. The molecule has 1 heterocycles. The Kier molecular flexibility index (Phi) is 6.39. The molecule has 0 spiro atoms. The van der Waals surface area contributed by atoms with E-state index in [-0.39, 0.29) is 40.1 Å². The lowest BCUT2D eigenvalue weighted by Crippen LogP contribution is -2.28. The SMILES string of the molecule is Cc1cccc(C)c1NS(=O)(=O)c1ccc(NS(=O)(=O)c2ccc(N3C(=O)CCC3=O)cc2)cc1. The maximum atomic E-state index is 12.8. The van der Waals surface area contributed by atoms with E-state index in [1.54, 1.807) is 26.0 Å². The summed E-state index contributed by atoms with van der Waals surface area (Å²) in [5.41, 5.74) is 2.54. The van der Waals surface area contributed by atoms with Gasteiger partial charge in [-0.25, -0.2) is 16.8 Å². The summed E-state index contributed by atoms with van der Waals surface area (Å²) in [5, 5.41) is 0. The van der Waals surface area contributed by atoms with Crippen LogP contribution in [0.25, 0.3) is 0 Å². The van der Waals surface area contributed by atoms with Crippen LogP contribution in [-0.2, 0) is 29.6 Å². The molecule has 0 aliphatic carbocycles. The van der Waals surface area contributed by atoms with Gasteiger partial charge in [0, 0.05) is 18.5 Å². The van der Waals surface area contributed by atoms with E-state index in [2.05, 4.69) is 9.44 Å². The van der Waals surface area contributed by atoms with E-state index >= 15 is 0 Å². The van der Waals surface area contributed by atoms with E-state index in [9.17, 15) is 26.4 Å². The van der Waals surface area contributed by atoms with Crippen molar-refractivity contribution in [1.29, 1.82) is 0 Å². The van der Waals surface area contributed by atoms with Crippen molar-refractivity contribution in [2.45, 2.75) is 36.5 Å². The molecule has 1 aliphatic rings. The van der Waals surface area contributed by atoms with Crippen molar-refractivity contribution in [1.82, 2.24) is 0 Å². The Labute approximate surface area is 203 Å². The Morgan fingerprint density at radius 2 is 1.11 bits per heavy atom. The lowest BCUT2D eigenvalue weighted by Gasteiger charge is -2.15. The number of sulfonamides is 2. The Morgan fingerprint density at radius 3 is 1.63 bits per heavy atom. The molecule has 2 N–H and O–H groups in total. The number of nitrogens with one attached hydrogen (secondary N) is 2. The Morgan fingerprint density at radius 1 is 0.657 bits per heavy atom. The van der Waals surface area contributed by atoms with Gasteiger partial charge in [0.25, 0.3) is 20.0 Å². The largest absolute Gasteiger partial charge is 0.280 e. The average molecular weight is 514 g/mol. The summed E-state index contributed by atoms with van der Waals surface area (Å²) in [6.45, 7) is 3.60. The van der Waals surface area contributed by atoms with Crippen molar-refractivity contribution in [2.24, 2.45) is 0 Å². The van der Waals surface area contributed by atoms with Crippen molar-refractivity contribution in [2.75, 3.05) is 14.3 Å². The highest BCUT2D eigenvalue weighted by Gasteiger charge is 2.30. The molecule has 4 rings (SSSR count). The zero-order valence-electron chi connectivity index (χ0n) is 19.0. The van der Waals surface area contributed by atoms with E-state index in [0.29, 0.717) is 11.4 Å². The molecule has 35 heavy (non-hydrogen) atoms. The van der Waals surface area contributed by atoms with Crippen molar-refractivity contribution in [3.63, 3.8) is 0 Å². The third kappa shape index (κ3) is 5.05. The highest BCUT2D eigenvalue weighted by atomic mass is 32.2. The lowest BCUT2D eigenvalue weighted by atomic mass is 10.1. The standard InChI is InChI=1S/C24H23N3O6S2/c1-16-4-3-5-17(2)24(16)26-35(32,33)20-10-6-18(7-11-20)25-34(30,31)21-12-8-19(9-13-21)27-22(28)14-15-23(27)29/h3-13,25-26H,14-15H2,1-2H3. The van der Waals surface area contributed by atoms with E-state index in [4.69, 9.17) is 0 Å². The number of rotatable bonds is 7. The maximum absolute atomic E-state index is 12.8. The molecule has 0 atom stereocenters. The van der Waals surface area contributed by atoms with Crippen molar-refractivity contribution >= 4 is 48.9 Å². The number of amides is 2. The molecule has 3 aromatic rings. The summed E-state index contributed by atoms with van der Waals surface area (Å²) >= 11 is 0. The summed E-state index contributed by atoms with van der Waals surface area (Å²) in [5.74, 6) is -0.656. The molecular weight excluding hydrogens is 490 g/mol. The molecule has 1 fully saturated rings. The van der Waals surface area contributed by atoms with Crippen LogP contribution in [-0.4, -0.2) is 28.6 Å². The second-order valence-corrected chi connectivity index (χ2v) is 11.5. The fourth-order valence-corrected chi connectivity index (χ4v) is 5.99. The van der Waals surface area contributed by atoms with Crippen LogP contribution >= 0.6 is 0 Å². The van der Waals surface area contributed by atoms with Gasteiger partial charge >= 0.3 is 0 Å². The first-order valence-electron chi connectivity index (χ1n) is 10.7. The predicted molar refractivity (Wildman–Crippen MR) is 132 cm³/mol. The van der Waals surface area contributed by atoms with Gasteiger partial charge in [0.05, 0.1) is 21.2 Å². The zero-order valence-corrected chi connectivity index (χ0v) is 20.6. The van der Waals surface area contributed by atoms with Gasteiger partial charge < -0.3 is 0 Å².